The summed E-state index contributed by atoms with van der Waals surface area (Å²) in [5.41, 5.74) is 0.367. The molecule has 0 bridgehead atoms. The largest absolute Gasteiger partial charge is 0.389 e. The van der Waals surface area contributed by atoms with Crippen LogP contribution in [-0.2, 0) is 30.8 Å². The number of benzene rings is 2. The maximum absolute atomic E-state index is 14.4. The molecule has 2 aliphatic rings. The predicted molar refractivity (Wildman–Crippen MR) is 122 cm³/mol. The zero-order valence-electron chi connectivity index (χ0n) is 19.0. The van der Waals surface area contributed by atoms with E-state index in [4.69, 9.17) is 9.47 Å². The highest BCUT2D eigenvalue weighted by molar-refractivity contribution is 7.89. The molecule has 2 aliphatic heterocycles. The maximum Gasteiger partial charge on any atom is 0.246 e. The number of hydrogen-bond acceptors (Lipinski definition) is 6. The van der Waals surface area contributed by atoms with Crippen molar-refractivity contribution < 1.29 is 36.6 Å². The molecular formula is C24H28F2N2O6S. The van der Waals surface area contributed by atoms with Crippen LogP contribution >= 0.6 is 0 Å². The molecule has 4 atom stereocenters. The van der Waals surface area contributed by atoms with Crippen molar-refractivity contribution >= 4 is 15.9 Å². The van der Waals surface area contributed by atoms with E-state index in [0.717, 1.165) is 10.4 Å². The van der Waals surface area contributed by atoms with Crippen molar-refractivity contribution in [1.29, 1.82) is 0 Å². The third-order valence-corrected chi connectivity index (χ3v) is 8.13. The SMILES string of the molecule is O=C(C[C@H]1CC[C@H]2[C@@H](COC[C@@H](O)CN2S(=O)(=O)c2ccccc2F)O1)NCc1ccccc1F. The molecule has 1 amide bonds. The number of aliphatic hydroxyl groups excluding tert-OH is 1. The van der Waals surface area contributed by atoms with Crippen molar-refractivity contribution in [2.24, 2.45) is 0 Å². The van der Waals surface area contributed by atoms with Gasteiger partial charge >= 0.3 is 0 Å². The average Bonchev–Trinajstić information content (AvgIpc) is 2.81. The van der Waals surface area contributed by atoms with Gasteiger partial charge in [0.1, 0.15) is 16.5 Å². The lowest BCUT2D eigenvalue weighted by Gasteiger charge is -2.43. The Morgan fingerprint density at radius 3 is 2.51 bits per heavy atom. The number of ether oxygens (including phenoxy) is 2. The van der Waals surface area contributed by atoms with Gasteiger partial charge in [-0.2, -0.15) is 4.31 Å². The highest BCUT2D eigenvalue weighted by Crippen LogP contribution is 2.32. The number of hydrogen-bond donors (Lipinski definition) is 2. The van der Waals surface area contributed by atoms with Gasteiger partial charge in [-0.1, -0.05) is 30.3 Å². The third-order valence-electron chi connectivity index (χ3n) is 6.20. The van der Waals surface area contributed by atoms with Crippen molar-refractivity contribution in [3.63, 3.8) is 0 Å². The molecule has 190 valence electrons. The molecule has 2 heterocycles. The number of nitrogens with zero attached hydrogens (tertiary/aromatic N) is 1. The number of carbonyl (C=O) groups excluding carboxylic acids is 1. The zero-order chi connectivity index (χ0) is 25.0. The number of nitrogens with one attached hydrogen (secondary N) is 1. The van der Waals surface area contributed by atoms with Crippen LogP contribution in [0, 0.1) is 11.6 Å². The Labute approximate surface area is 202 Å². The molecule has 2 N–H and O–H groups in total. The van der Waals surface area contributed by atoms with Crippen LogP contribution in [0.3, 0.4) is 0 Å². The predicted octanol–water partition coefficient (Wildman–Crippen LogP) is 1.97. The van der Waals surface area contributed by atoms with E-state index in [1.54, 1.807) is 18.2 Å². The summed E-state index contributed by atoms with van der Waals surface area (Å²) in [7, 11) is -4.27. The van der Waals surface area contributed by atoms with E-state index in [-0.39, 0.29) is 38.6 Å². The Morgan fingerprint density at radius 1 is 1.06 bits per heavy atom. The van der Waals surface area contributed by atoms with Crippen LogP contribution in [0.25, 0.3) is 0 Å². The Hall–Kier alpha value is -2.44. The molecule has 0 spiro atoms. The van der Waals surface area contributed by atoms with E-state index in [2.05, 4.69) is 5.32 Å². The number of carbonyl (C=O) groups is 1. The molecule has 2 aromatic carbocycles. The molecule has 4 rings (SSSR count). The lowest BCUT2D eigenvalue weighted by atomic mass is 9.96. The van der Waals surface area contributed by atoms with Gasteiger partial charge in [-0.15, -0.1) is 0 Å². The van der Waals surface area contributed by atoms with Crippen molar-refractivity contribution in [2.75, 3.05) is 19.8 Å². The Bertz CT molecular complexity index is 1150. The number of rotatable bonds is 6. The first kappa shape index (κ1) is 25.6. The van der Waals surface area contributed by atoms with Crippen molar-refractivity contribution in [2.45, 2.75) is 55.1 Å². The summed E-state index contributed by atoms with van der Waals surface area (Å²) < 4.78 is 67.5. The number of fused-ring (bicyclic) bond motifs is 1. The molecule has 2 fully saturated rings. The Balaban J connectivity index is 1.44. The van der Waals surface area contributed by atoms with E-state index in [1.807, 2.05) is 0 Å². The number of sulfonamides is 1. The fraction of sp³-hybridized carbons (Fsp3) is 0.458. The lowest BCUT2D eigenvalue weighted by molar-refractivity contribution is -0.146. The summed E-state index contributed by atoms with van der Waals surface area (Å²) in [6, 6.07) is 10.5. The minimum Gasteiger partial charge on any atom is -0.389 e. The molecule has 11 heteroatoms. The number of amides is 1. The quantitative estimate of drug-likeness (QED) is 0.616. The molecule has 2 saturated heterocycles. The third kappa shape index (κ3) is 6.04. The van der Waals surface area contributed by atoms with Crippen LogP contribution in [0.15, 0.2) is 53.4 Å². The normalized spacial score (nSPS) is 25.8. The van der Waals surface area contributed by atoms with Gasteiger partial charge in [-0.3, -0.25) is 4.79 Å². The van der Waals surface area contributed by atoms with E-state index in [1.165, 1.54) is 24.3 Å². The number of halogens is 2. The second kappa shape index (κ2) is 11.1. The smallest absolute Gasteiger partial charge is 0.246 e. The van der Waals surface area contributed by atoms with E-state index in [0.29, 0.717) is 18.4 Å². The summed E-state index contributed by atoms with van der Waals surface area (Å²) >= 11 is 0. The van der Waals surface area contributed by atoms with Crippen molar-refractivity contribution in [1.82, 2.24) is 9.62 Å². The number of β-amino-alcohol motifs (C(OH)–C–C–N with tert-alkyl or cyclic N) is 1. The second-order valence-corrected chi connectivity index (χ2v) is 10.6. The van der Waals surface area contributed by atoms with Crippen LogP contribution in [0.2, 0.25) is 0 Å². The minimum atomic E-state index is -4.27. The van der Waals surface area contributed by atoms with Gasteiger partial charge in [-0.25, -0.2) is 17.2 Å². The molecule has 2 aromatic rings. The van der Waals surface area contributed by atoms with Gasteiger partial charge in [0.05, 0.1) is 44.0 Å². The molecule has 0 aromatic heterocycles. The zero-order valence-corrected chi connectivity index (χ0v) is 19.8. The molecule has 8 nitrogen and oxygen atoms in total. The molecule has 0 unspecified atom stereocenters. The van der Waals surface area contributed by atoms with E-state index >= 15 is 0 Å². The second-order valence-electron chi connectivity index (χ2n) is 8.71. The lowest BCUT2D eigenvalue weighted by Crippen LogP contribution is -2.57. The first-order valence-electron chi connectivity index (χ1n) is 11.4. The molecule has 35 heavy (non-hydrogen) atoms. The van der Waals surface area contributed by atoms with Gasteiger partial charge in [0, 0.05) is 18.7 Å². The van der Waals surface area contributed by atoms with Crippen LogP contribution < -0.4 is 5.32 Å². The highest BCUT2D eigenvalue weighted by atomic mass is 32.2. The van der Waals surface area contributed by atoms with Crippen molar-refractivity contribution in [3.05, 3.63) is 65.7 Å². The van der Waals surface area contributed by atoms with E-state index in [9.17, 15) is 27.1 Å². The number of aliphatic hydroxyl groups is 1. The first-order chi connectivity index (χ1) is 16.8. The summed E-state index contributed by atoms with van der Waals surface area (Å²) in [6.45, 7) is -0.322. The van der Waals surface area contributed by atoms with E-state index < -0.39 is 50.9 Å². The van der Waals surface area contributed by atoms with Gasteiger partial charge in [0.15, 0.2) is 0 Å². The first-order valence-corrected chi connectivity index (χ1v) is 12.9. The minimum absolute atomic E-state index is 0.0123. The molecular weight excluding hydrogens is 482 g/mol. The topological polar surface area (TPSA) is 105 Å². The van der Waals surface area contributed by atoms with Crippen LogP contribution in [-0.4, -0.2) is 67.8 Å². The fourth-order valence-corrected chi connectivity index (χ4v) is 6.25. The average molecular weight is 511 g/mol. The molecule has 0 radical (unpaired) electrons. The standard InChI is InChI=1S/C24H28F2N2O6S/c25-19-6-2-1-5-16(19)12-27-24(30)11-18-9-10-21-22(34-18)15-33-14-17(29)13-28(21)35(31,32)23-8-4-3-7-20(23)26/h1-8,17-18,21-22,29H,9-15H2,(H,27,30)/t17-,18+,21-,22+/m0/s1. The molecule has 0 saturated carbocycles. The van der Waals surface area contributed by atoms with Gasteiger partial charge in [-0.05, 0) is 31.0 Å². The Kier molecular flexibility index (Phi) is 8.12. The Morgan fingerprint density at radius 2 is 1.77 bits per heavy atom. The van der Waals surface area contributed by atoms with Crippen LogP contribution in [0.1, 0.15) is 24.8 Å². The monoisotopic (exact) mass is 510 g/mol. The van der Waals surface area contributed by atoms with Crippen LogP contribution in [0.5, 0.6) is 0 Å². The summed E-state index contributed by atoms with van der Waals surface area (Å²) in [4.78, 5) is 12.0. The van der Waals surface area contributed by atoms with Crippen LogP contribution in [0.4, 0.5) is 8.78 Å². The van der Waals surface area contributed by atoms with Gasteiger partial charge in [0.25, 0.3) is 0 Å². The molecule has 0 aliphatic carbocycles. The summed E-state index contributed by atoms with van der Waals surface area (Å²) in [5, 5.41) is 12.9. The summed E-state index contributed by atoms with van der Waals surface area (Å²) in [5.74, 6) is -1.61. The van der Waals surface area contributed by atoms with Crippen molar-refractivity contribution in [3.8, 4) is 0 Å². The van der Waals surface area contributed by atoms with Gasteiger partial charge < -0.3 is 19.9 Å². The van der Waals surface area contributed by atoms with Gasteiger partial charge in [0.2, 0.25) is 15.9 Å². The highest BCUT2D eigenvalue weighted by Gasteiger charge is 2.43. The summed E-state index contributed by atoms with van der Waals surface area (Å²) in [6.07, 6.45) is -1.57. The fourth-order valence-electron chi connectivity index (χ4n) is 4.47. The maximum atomic E-state index is 14.4.